The molecule has 2 heterocycles. The molecule has 5 heteroatoms. The predicted molar refractivity (Wildman–Crippen MR) is 92.9 cm³/mol. The maximum absolute atomic E-state index is 12.7. The van der Waals surface area contributed by atoms with E-state index in [9.17, 15) is 9.59 Å². The van der Waals surface area contributed by atoms with Crippen LogP contribution in [-0.4, -0.2) is 35.6 Å². The van der Waals surface area contributed by atoms with Gasteiger partial charge in [-0.15, -0.1) is 0 Å². The molecule has 1 unspecified atom stereocenters. The Morgan fingerprint density at radius 1 is 1.17 bits per heavy atom. The van der Waals surface area contributed by atoms with E-state index in [1.807, 2.05) is 4.90 Å². The van der Waals surface area contributed by atoms with Crippen LogP contribution in [0.15, 0.2) is 47.4 Å². The van der Waals surface area contributed by atoms with Crippen LogP contribution in [0.5, 0.6) is 5.75 Å². The number of likely N-dealkylation sites (tertiary alicyclic amines) is 1. The second-order valence-electron chi connectivity index (χ2n) is 6.32. The van der Waals surface area contributed by atoms with E-state index < -0.39 is 0 Å². The molecule has 0 aliphatic carbocycles. The van der Waals surface area contributed by atoms with Crippen molar-refractivity contribution in [3.8, 4) is 11.4 Å². The third kappa shape index (κ3) is 3.35. The predicted octanol–water partition coefficient (Wildman–Crippen LogP) is 2.72. The zero-order valence-corrected chi connectivity index (χ0v) is 14.1. The Kier molecular flexibility index (Phi) is 4.69. The van der Waals surface area contributed by atoms with E-state index in [1.165, 1.54) is 10.6 Å². The average Bonchev–Trinajstić information content (AvgIpc) is 2.62. The molecule has 1 saturated heterocycles. The van der Waals surface area contributed by atoms with Crippen molar-refractivity contribution >= 4 is 5.91 Å². The van der Waals surface area contributed by atoms with Crippen molar-refractivity contribution in [2.45, 2.75) is 19.8 Å². The highest BCUT2D eigenvalue weighted by molar-refractivity contribution is 5.94. The van der Waals surface area contributed by atoms with Gasteiger partial charge in [0.05, 0.1) is 12.7 Å². The Hall–Kier alpha value is -2.56. The van der Waals surface area contributed by atoms with E-state index in [2.05, 4.69) is 6.92 Å². The number of carbonyl (C=O) groups is 1. The number of amides is 1. The highest BCUT2D eigenvalue weighted by Crippen LogP contribution is 2.18. The van der Waals surface area contributed by atoms with E-state index in [4.69, 9.17) is 4.74 Å². The van der Waals surface area contributed by atoms with Crippen molar-refractivity contribution < 1.29 is 9.53 Å². The van der Waals surface area contributed by atoms with Crippen LogP contribution in [0.1, 0.15) is 30.1 Å². The number of nitrogens with zero attached hydrogens (tertiary/aromatic N) is 2. The fraction of sp³-hybridized carbons (Fsp3) is 0.368. The Morgan fingerprint density at radius 2 is 1.92 bits per heavy atom. The van der Waals surface area contributed by atoms with Gasteiger partial charge >= 0.3 is 0 Å². The lowest BCUT2D eigenvalue weighted by molar-refractivity contribution is 0.0682. The largest absolute Gasteiger partial charge is 0.497 e. The zero-order chi connectivity index (χ0) is 17.1. The van der Waals surface area contributed by atoms with Crippen LogP contribution < -0.4 is 10.3 Å². The lowest BCUT2D eigenvalue weighted by atomic mass is 10.00. The molecule has 1 amide bonds. The molecular weight excluding hydrogens is 304 g/mol. The van der Waals surface area contributed by atoms with Gasteiger partial charge in [0.25, 0.3) is 11.5 Å². The second kappa shape index (κ2) is 6.91. The summed E-state index contributed by atoms with van der Waals surface area (Å²) in [5, 5.41) is 0. The summed E-state index contributed by atoms with van der Waals surface area (Å²) >= 11 is 0. The Morgan fingerprint density at radius 3 is 2.58 bits per heavy atom. The van der Waals surface area contributed by atoms with Crippen LogP contribution in [0.4, 0.5) is 0 Å². The maximum Gasteiger partial charge on any atom is 0.255 e. The highest BCUT2D eigenvalue weighted by Gasteiger charge is 2.22. The molecule has 0 bridgehead atoms. The van der Waals surface area contributed by atoms with Gasteiger partial charge in [0.15, 0.2) is 0 Å². The first-order chi connectivity index (χ1) is 11.6. The number of methoxy groups -OCH3 is 1. The van der Waals surface area contributed by atoms with Gasteiger partial charge in [-0.25, -0.2) is 0 Å². The molecule has 0 N–H and O–H groups in total. The van der Waals surface area contributed by atoms with Crippen LogP contribution in [0.25, 0.3) is 5.69 Å². The lowest BCUT2D eigenvalue weighted by Crippen LogP contribution is -2.39. The molecule has 0 radical (unpaired) electrons. The Balaban J connectivity index is 1.90. The summed E-state index contributed by atoms with van der Waals surface area (Å²) in [7, 11) is 1.60. The topological polar surface area (TPSA) is 51.5 Å². The molecule has 2 aromatic rings. The van der Waals surface area contributed by atoms with E-state index in [0.717, 1.165) is 31.7 Å². The number of hydrogen-bond donors (Lipinski definition) is 0. The van der Waals surface area contributed by atoms with Crippen molar-refractivity contribution in [2.24, 2.45) is 5.92 Å². The number of rotatable bonds is 3. The SMILES string of the molecule is COc1ccc(-n2cc(C(=O)N3CCCC(C)C3)ccc2=O)cc1. The Bertz CT molecular complexity index is 780. The molecular formula is C19H22N2O3. The number of aromatic nitrogens is 1. The summed E-state index contributed by atoms with van der Waals surface area (Å²) in [5.41, 5.74) is 1.09. The minimum absolute atomic E-state index is 0.0104. The minimum Gasteiger partial charge on any atom is -0.497 e. The third-order valence-electron chi connectivity index (χ3n) is 4.45. The first-order valence-corrected chi connectivity index (χ1v) is 8.25. The van der Waals surface area contributed by atoms with Gasteiger partial charge in [-0.3, -0.25) is 14.2 Å². The van der Waals surface area contributed by atoms with Crippen LogP contribution in [0.2, 0.25) is 0 Å². The molecule has 1 aliphatic heterocycles. The fourth-order valence-corrected chi connectivity index (χ4v) is 3.11. The van der Waals surface area contributed by atoms with E-state index >= 15 is 0 Å². The van der Waals surface area contributed by atoms with Gasteiger partial charge in [-0.2, -0.15) is 0 Å². The van der Waals surface area contributed by atoms with Crippen LogP contribution in [0.3, 0.4) is 0 Å². The number of piperidine rings is 1. The summed E-state index contributed by atoms with van der Waals surface area (Å²) in [5.74, 6) is 1.24. The molecule has 1 fully saturated rings. The summed E-state index contributed by atoms with van der Waals surface area (Å²) in [6, 6.07) is 10.3. The number of carbonyl (C=O) groups excluding carboxylic acids is 1. The standard InChI is InChI=1S/C19H22N2O3/c1-14-4-3-11-20(12-14)19(23)15-5-10-18(22)21(13-15)16-6-8-17(24-2)9-7-16/h5-10,13-14H,3-4,11-12H2,1-2H3. The molecule has 24 heavy (non-hydrogen) atoms. The number of ether oxygens (including phenoxy) is 1. The van der Waals surface area contributed by atoms with E-state index in [0.29, 0.717) is 17.2 Å². The van der Waals surface area contributed by atoms with Gasteiger partial charge in [-0.05, 0) is 49.1 Å². The summed E-state index contributed by atoms with van der Waals surface area (Å²) in [4.78, 5) is 26.8. The number of hydrogen-bond acceptors (Lipinski definition) is 3. The molecule has 0 spiro atoms. The molecule has 1 aromatic carbocycles. The maximum atomic E-state index is 12.7. The van der Waals surface area contributed by atoms with Crippen molar-refractivity contribution in [3.05, 3.63) is 58.5 Å². The molecule has 126 valence electrons. The van der Waals surface area contributed by atoms with Gasteiger partial charge in [0.2, 0.25) is 0 Å². The Labute approximate surface area is 141 Å². The first kappa shape index (κ1) is 16.3. The number of pyridine rings is 1. The average molecular weight is 326 g/mol. The van der Waals surface area contributed by atoms with Crippen molar-refractivity contribution in [2.75, 3.05) is 20.2 Å². The molecule has 0 saturated carbocycles. The van der Waals surface area contributed by atoms with Gasteiger partial charge < -0.3 is 9.64 Å². The van der Waals surface area contributed by atoms with Gasteiger partial charge in [0.1, 0.15) is 5.75 Å². The molecule has 1 aromatic heterocycles. The van der Waals surface area contributed by atoms with E-state index in [-0.39, 0.29) is 11.5 Å². The van der Waals surface area contributed by atoms with E-state index in [1.54, 1.807) is 43.6 Å². The summed E-state index contributed by atoms with van der Waals surface area (Å²) in [6.07, 6.45) is 3.83. The van der Waals surface area contributed by atoms with Gasteiger partial charge in [0, 0.05) is 31.0 Å². The molecule has 5 nitrogen and oxygen atoms in total. The minimum atomic E-state index is -0.163. The van der Waals surface area contributed by atoms with Gasteiger partial charge in [-0.1, -0.05) is 6.92 Å². The van der Waals surface area contributed by atoms with Crippen LogP contribution in [-0.2, 0) is 0 Å². The van der Waals surface area contributed by atoms with Crippen molar-refractivity contribution in [1.82, 2.24) is 9.47 Å². The zero-order valence-electron chi connectivity index (χ0n) is 14.1. The quantitative estimate of drug-likeness (QED) is 0.871. The summed E-state index contributed by atoms with van der Waals surface area (Å²) in [6.45, 7) is 3.73. The fourth-order valence-electron chi connectivity index (χ4n) is 3.11. The lowest BCUT2D eigenvalue weighted by Gasteiger charge is -2.31. The smallest absolute Gasteiger partial charge is 0.255 e. The summed E-state index contributed by atoms with van der Waals surface area (Å²) < 4.78 is 6.64. The van der Waals surface area contributed by atoms with Crippen LogP contribution >= 0.6 is 0 Å². The first-order valence-electron chi connectivity index (χ1n) is 8.25. The highest BCUT2D eigenvalue weighted by atomic mass is 16.5. The third-order valence-corrected chi connectivity index (χ3v) is 4.45. The number of benzene rings is 1. The molecule has 1 atom stereocenters. The van der Waals surface area contributed by atoms with Crippen molar-refractivity contribution in [3.63, 3.8) is 0 Å². The molecule has 3 rings (SSSR count). The molecule has 1 aliphatic rings. The van der Waals surface area contributed by atoms with Crippen molar-refractivity contribution in [1.29, 1.82) is 0 Å². The normalized spacial score (nSPS) is 17.6. The second-order valence-corrected chi connectivity index (χ2v) is 6.32. The monoisotopic (exact) mass is 326 g/mol. The van der Waals surface area contributed by atoms with Crippen LogP contribution in [0, 0.1) is 5.92 Å².